The van der Waals surface area contributed by atoms with Crippen molar-refractivity contribution in [3.8, 4) is 0 Å². The first-order valence-electron chi connectivity index (χ1n) is 9.60. The second kappa shape index (κ2) is 11.4. The van der Waals surface area contributed by atoms with Crippen molar-refractivity contribution in [2.75, 3.05) is 20.1 Å². The van der Waals surface area contributed by atoms with E-state index in [1.165, 1.54) is 5.56 Å². The number of carbonyl (C=O) groups is 1. The molecule has 0 heterocycles. The molecule has 0 spiro atoms. The number of hydrogen-bond donors (Lipinski definition) is 0. The molecule has 2 nitrogen and oxygen atoms in total. The third-order valence-electron chi connectivity index (χ3n) is 5.75. The topological polar surface area (TPSA) is 20.3 Å². The Bertz CT molecular complexity index is 581. The van der Waals surface area contributed by atoms with E-state index in [1.54, 1.807) is 0 Å². The first-order valence-corrected chi connectivity index (χ1v) is 9.60. The number of rotatable bonds is 10. The van der Waals surface area contributed by atoms with Gasteiger partial charge in [0.1, 0.15) is 6.29 Å². The molecule has 0 aliphatic heterocycles. The van der Waals surface area contributed by atoms with Gasteiger partial charge in [-0.2, -0.15) is 0 Å². The van der Waals surface area contributed by atoms with Gasteiger partial charge in [-0.1, -0.05) is 68.5 Å². The molecule has 0 saturated heterocycles. The van der Waals surface area contributed by atoms with Crippen LogP contribution in [0, 0.1) is 17.3 Å². The van der Waals surface area contributed by atoms with Gasteiger partial charge in [-0.15, -0.1) is 12.4 Å². The van der Waals surface area contributed by atoms with Gasteiger partial charge in [-0.25, -0.2) is 0 Å². The van der Waals surface area contributed by atoms with Crippen LogP contribution in [0.25, 0.3) is 0 Å². The summed E-state index contributed by atoms with van der Waals surface area (Å²) >= 11 is 0. The lowest BCUT2D eigenvalue weighted by atomic mass is 9.62. The Morgan fingerprint density at radius 1 is 1.15 bits per heavy atom. The number of carbonyl (C=O) groups excluding carboxylic acids is 1. The minimum absolute atomic E-state index is 0. The van der Waals surface area contributed by atoms with Gasteiger partial charge in [0.15, 0.2) is 0 Å². The van der Waals surface area contributed by atoms with Gasteiger partial charge in [0.2, 0.25) is 0 Å². The predicted octanol–water partition coefficient (Wildman–Crippen LogP) is 5.34. The fraction of sp³-hybridized carbons (Fsp3) is 0.522. The van der Waals surface area contributed by atoms with Crippen molar-refractivity contribution < 1.29 is 4.79 Å². The molecular weight excluding hydrogens is 342 g/mol. The normalized spacial score (nSPS) is 21.8. The summed E-state index contributed by atoms with van der Waals surface area (Å²) in [5.41, 5.74) is 1.52. The number of allylic oxidation sites excluding steroid dienone is 4. The highest BCUT2D eigenvalue weighted by molar-refractivity contribution is 5.85. The SMILES string of the molecule is CC(C)C1(CCCN(C)CCc2ccccc2)C=CC=C[C@H]1CC=O.Cl. The molecule has 1 aliphatic carbocycles. The minimum Gasteiger partial charge on any atom is -0.306 e. The van der Waals surface area contributed by atoms with Gasteiger partial charge in [0.05, 0.1) is 0 Å². The van der Waals surface area contributed by atoms with Gasteiger partial charge in [0.25, 0.3) is 0 Å². The van der Waals surface area contributed by atoms with Crippen LogP contribution in [0.1, 0.15) is 38.7 Å². The molecule has 144 valence electrons. The smallest absolute Gasteiger partial charge is 0.120 e. The zero-order chi connectivity index (χ0) is 18.1. The van der Waals surface area contributed by atoms with Crippen LogP contribution in [0.15, 0.2) is 54.6 Å². The molecular formula is C23H34ClNO. The van der Waals surface area contributed by atoms with Crippen LogP contribution in [0.5, 0.6) is 0 Å². The van der Waals surface area contributed by atoms with Crippen LogP contribution in [0.4, 0.5) is 0 Å². The molecule has 1 aromatic carbocycles. The molecule has 26 heavy (non-hydrogen) atoms. The maximum atomic E-state index is 11.1. The Labute approximate surface area is 165 Å². The number of aldehydes is 1. The number of halogens is 1. The van der Waals surface area contributed by atoms with Gasteiger partial charge < -0.3 is 9.69 Å². The van der Waals surface area contributed by atoms with E-state index in [2.05, 4.69) is 80.4 Å². The summed E-state index contributed by atoms with van der Waals surface area (Å²) in [7, 11) is 2.21. The fourth-order valence-electron chi connectivity index (χ4n) is 4.05. The molecule has 0 fully saturated rings. The molecule has 2 rings (SSSR count). The maximum Gasteiger partial charge on any atom is 0.120 e. The van der Waals surface area contributed by atoms with Crippen LogP contribution < -0.4 is 0 Å². The molecule has 0 saturated carbocycles. The summed E-state index contributed by atoms with van der Waals surface area (Å²) in [4.78, 5) is 13.5. The molecule has 1 aliphatic rings. The first-order chi connectivity index (χ1) is 12.1. The van der Waals surface area contributed by atoms with Gasteiger partial charge >= 0.3 is 0 Å². The standard InChI is InChI=1S/C23H33NO.ClH/c1-20(2)23(15-8-7-12-22(23)14-19-25)16-9-17-24(3)18-13-21-10-5-4-6-11-21;/h4-8,10-12,15,19-20,22H,9,13-14,16-18H2,1-3H3;1H/t22-,23?;/m0./s1. The van der Waals surface area contributed by atoms with Crippen LogP contribution in [0.3, 0.4) is 0 Å². The van der Waals surface area contributed by atoms with Gasteiger partial charge in [0, 0.05) is 13.0 Å². The van der Waals surface area contributed by atoms with Crippen LogP contribution >= 0.6 is 12.4 Å². The van der Waals surface area contributed by atoms with E-state index in [0.717, 1.165) is 38.6 Å². The quantitative estimate of drug-likeness (QED) is 0.514. The van der Waals surface area contributed by atoms with E-state index in [-0.39, 0.29) is 17.8 Å². The van der Waals surface area contributed by atoms with Gasteiger partial charge in [-0.3, -0.25) is 0 Å². The minimum atomic E-state index is 0. The zero-order valence-corrected chi connectivity index (χ0v) is 17.3. The fourth-order valence-corrected chi connectivity index (χ4v) is 4.05. The highest BCUT2D eigenvalue weighted by atomic mass is 35.5. The third kappa shape index (κ3) is 6.10. The van der Waals surface area contributed by atoms with E-state index >= 15 is 0 Å². The largest absolute Gasteiger partial charge is 0.306 e. The average molecular weight is 376 g/mol. The highest BCUT2D eigenvalue weighted by Crippen LogP contribution is 2.45. The maximum absolute atomic E-state index is 11.1. The van der Waals surface area contributed by atoms with Crippen LogP contribution in [-0.4, -0.2) is 31.3 Å². The highest BCUT2D eigenvalue weighted by Gasteiger charge is 2.38. The second-order valence-electron chi connectivity index (χ2n) is 7.66. The van der Waals surface area contributed by atoms with Crippen molar-refractivity contribution in [1.82, 2.24) is 4.90 Å². The lowest BCUT2D eigenvalue weighted by Gasteiger charge is -2.42. The Morgan fingerprint density at radius 3 is 2.54 bits per heavy atom. The van der Waals surface area contributed by atoms with E-state index in [0.29, 0.717) is 18.3 Å². The lowest BCUT2D eigenvalue weighted by Crippen LogP contribution is -2.35. The average Bonchev–Trinajstić information content (AvgIpc) is 2.62. The van der Waals surface area contributed by atoms with Crippen molar-refractivity contribution in [3.05, 3.63) is 60.2 Å². The zero-order valence-electron chi connectivity index (χ0n) is 16.4. The molecule has 0 bridgehead atoms. The van der Waals surface area contributed by atoms with E-state index in [4.69, 9.17) is 0 Å². The van der Waals surface area contributed by atoms with Crippen molar-refractivity contribution >= 4 is 18.7 Å². The summed E-state index contributed by atoms with van der Waals surface area (Å²) in [6.45, 7) is 6.78. The molecule has 1 aromatic rings. The number of benzene rings is 1. The molecule has 1 unspecified atom stereocenters. The van der Waals surface area contributed by atoms with Crippen molar-refractivity contribution in [3.63, 3.8) is 0 Å². The second-order valence-corrected chi connectivity index (χ2v) is 7.66. The van der Waals surface area contributed by atoms with Gasteiger partial charge in [-0.05, 0) is 55.7 Å². The summed E-state index contributed by atoms with van der Waals surface area (Å²) in [6.07, 6.45) is 14.0. The number of nitrogens with zero attached hydrogens (tertiary/aromatic N) is 1. The first kappa shape index (κ1) is 22.7. The predicted molar refractivity (Wildman–Crippen MR) is 114 cm³/mol. The summed E-state index contributed by atoms with van der Waals surface area (Å²) in [5, 5.41) is 0. The molecule has 3 heteroatoms. The number of hydrogen-bond acceptors (Lipinski definition) is 2. The van der Waals surface area contributed by atoms with E-state index in [9.17, 15) is 4.79 Å². The lowest BCUT2D eigenvalue weighted by molar-refractivity contribution is -0.109. The Balaban J connectivity index is 0.00000338. The summed E-state index contributed by atoms with van der Waals surface area (Å²) < 4.78 is 0. The monoisotopic (exact) mass is 375 g/mol. The van der Waals surface area contributed by atoms with Crippen LogP contribution in [0.2, 0.25) is 0 Å². The Morgan fingerprint density at radius 2 is 1.88 bits per heavy atom. The molecule has 0 radical (unpaired) electrons. The Hall–Kier alpha value is -1.38. The van der Waals surface area contributed by atoms with E-state index in [1.807, 2.05) is 0 Å². The van der Waals surface area contributed by atoms with Crippen LogP contribution in [-0.2, 0) is 11.2 Å². The van der Waals surface area contributed by atoms with Crippen molar-refractivity contribution in [2.45, 2.75) is 39.5 Å². The molecule has 0 aromatic heterocycles. The summed E-state index contributed by atoms with van der Waals surface area (Å²) in [5.74, 6) is 0.873. The third-order valence-corrected chi connectivity index (χ3v) is 5.75. The molecule has 0 N–H and O–H groups in total. The Kier molecular flexibility index (Phi) is 9.90. The molecule has 0 amide bonds. The van der Waals surface area contributed by atoms with E-state index < -0.39 is 0 Å². The molecule has 2 atom stereocenters. The van der Waals surface area contributed by atoms with Crippen molar-refractivity contribution in [1.29, 1.82) is 0 Å². The van der Waals surface area contributed by atoms with Crippen molar-refractivity contribution in [2.24, 2.45) is 17.3 Å². The number of likely N-dealkylation sites (N-methyl/N-ethyl adjacent to an activating group) is 1. The summed E-state index contributed by atoms with van der Waals surface area (Å²) in [6, 6.07) is 10.7.